The van der Waals surface area contributed by atoms with Gasteiger partial charge in [-0.25, -0.2) is 8.42 Å². The first-order valence-corrected chi connectivity index (χ1v) is 9.43. The van der Waals surface area contributed by atoms with Gasteiger partial charge in [0.1, 0.15) is 4.90 Å². The number of nitrogens with zero attached hydrogens (tertiary/aromatic N) is 2. The van der Waals surface area contributed by atoms with Crippen LogP contribution in [0.2, 0.25) is 0 Å². The van der Waals surface area contributed by atoms with Crippen molar-refractivity contribution in [2.45, 2.75) is 38.6 Å². The Hall–Kier alpha value is -2.12. The Morgan fingerprint density at radius 3 is 2.71 bits per heavy atom. The van der Waals surface area contributed by atoms with Gasteiger partial charge in [-0.3, -0.25) is 5.10 Å². The molecule has 3 aromatic rings. The molecular formula is C17H20N4O2S. The van der Waals surface area contributed by atoms with Gasteiger partial charge < -0.3 is 4.98 Å². The Balaban J connectivity index is 1.78. The fourth-order valence-corrected chi connectivity index (χ4v) is 5.31. The van der Waals surface area contributed by atoms with Gasteiger partial charge in [0, 0.05) is 36.1 Å². The van der Waals surface area contributed by atoms with E-state index in [2.05, 4.69) is 40.3 Å². The molecule has 0 aliphatic carbocycles. The molecule has 0 fully saturated rings. The molecular weight excluding hydrogens is 324 g/mol. The highest BCUT2D eigenvalue weighted by Crippen LogP contribution is 2.32. The Bertz CT molecular complexity index is 1030. The van der Waals surface area contributed by atoms with Crippen LogP contribution < -0.4 is 0 Å². The van der Waals surface area contributed by atoms with E-state index in [-0.39, 0.29) is 0 Å². The number of rotatable bonds is 2. The van der Waals surface area contributed by atoms with Crippen LogP contribution >= 0.6 is 0 Å². The van der Waals surface area contributed by atoms with E-state index in [0.29, 0.717) is 35.8 Å². The summed E-state index contributed by atoms with van der Waals surface area (Å²) in [6.07, 6.45) is 0.693. The maximum absolute atomic E-state index is 13.1. The lowest BCUT2D eigenvalue weighted by atomic mass is 10.1. The summed E-state index contributed by atoms with van der Waals surface area (Å²) in [4.78, 5) is 3.75. The molecule has 1 aliphatic rings. The number of fused-ring (bicyclic) bond motifs is 3. The van der Waals surface area contributed by atoms with Crippen molar-refractivity contribution in [2.75, 3.05) is 6.54 Å². The number of aryl methyl sites for hydroxylation is 3. The van der Waals surface area contributed by atoms with Crippen LogP contribution in [0, 0.1) is 20.8 Å². The standard InChI is InChI=1S/C17H20N4O2S/c1-10-4-5-13-14-9-21(7-6-15(14)18-16(13)8-10)24(22,23)17-11(2)19-20-12(17)3/h4-5,8,18H,6-7,9H2,1-3H3,(H,19,20). The average Bonchev–Trinajstić information content (AvgIpc) is 3.05. The third-order valence-corrected chi connectivity index (χ3v) is 6.86. The predicted octanol–water partition coefficient (Wildman–Crippen LogP) is 2.56. The van der Waals surface area contributed by atoms with E-state index in [1.54, 1.807) is 18.2 Å². The number of nitrogens with one attached hydrogen (secondary N) is 2. The van der Waals surface area contributed by atoms with Crippen LogP contribution in [0.1, 0.15) is 28.2 Å². The molecule has 6 nitrogen and oxygen atoms in total. The first-order chi connectivity index (χ1) is 11.4. The zero-order valence-electron chi connectivity index (χ0n) is 14.0. The molecule has 0 amide bonds. The van der Waals surface area contributed by atoms with Gasteiger partial charge in [0.15, 0.2) is 0 Å². The molecule has 2 aromatic heterocycles. The maximum atomic E-state index is 13.1. The van der Waals surface area contributed by atoms with E-state index >= 15 is 0 Å². The lowest BCUT2D eigenvalue weighted by molar-refractivity contribution is 0.390. The first-order valence-electron chi connectivity index (χ1n) is 7.99. The van der Waals surface area contributed by atoms with Crippen molar-refractivity contribution in [3.05, 3.63) is 46.4 Å². The van der Waals surface area contributed by atoms with Crippen LogP contribution in [0.25, 0.3) is 10.9 Å². The molecule has 0 spiro atoms. The zero-order chi connectivity index (χ0) is 17.1. The van der Waals surface area contributed by atoms with Gasteiger partial charge in [-0.1, -0.05) is 12.1 Å². The van der Waals surface area contributed by atoms with Crippen LogP contribution in [0.15, 0.2) is 23.1 Å². The molecule has 0 unspecified atom stereocenters. The summed E-state index contributed by atoms with van der Waals surface area (Å²) in [6, 6.07) is 6.25. The van der Waals surface area contributed by atoms with Gasteiger partial charge in [0.2, 0.25) is 10.0 Å². The topological polar surface area (TPSA) is 81.8 Å². The van der Waals surface area contributed by atoms with E-state index < -0.39 is 10.0 Å². The summed E-state index contributed by atoms with van der Waals surface area (Å²) in [5, 5.41) is 7.91. The monoisotopic (exact) mass is 344 g/mol. The Labute approximate surface area is 140 Å². The van der Waals surface area contributed by atoms with Crippen LogP contribution in [-0.4, -0.2) is 34.4 Å². The second kappa shape index (κ2) is 5.19. The van der Waals surface area contributed by atoms with Crippen molar-refractivity contribution in [3.8, 4) is 0 Å². The molecule has 126 valence electrons. The molecule has 0 saturated carbocycles. The van der Waals surface area contributed by atoms with E-state index in [1.165, 1.54) is 5.56 Å². The average molecular weight is 344 g/mol. The number of aromatic amines is 2. The molecule has 4 rings (SSSR count). The van der Waals surface area contributed by atoms with Crippen molar-refractivity contribution in [2.24, 2.45) is 0 Å². The summed E-state index contributed by atoms with van der Waals surface area (Å²) < 4.78 is 27.7. The highest BCUT2D eigenvalue weighted by molar-refractivity contribution is 7.89. The number of aromatic nitrogens is 3. The molecule has 1 aliphatic heterocycles. The van der Waals surface area contributed by atoms with Crippen LogP contribution in [0.3, 0.4) is 0 Å². The third kappa shape index (κ3) is 2.19. The van der Waals surface area contributed by atoms with E-state index in [4.69, 9.17) is 0 Å². The Kier molecular flexibility index (Phi) is 3.33. The predicted molar refractivity (Wildman–Crippen MR) is 92.4 cm³/mol. The summed E-state index contributed by atoms with van der Waals surface area (Å²) in [6.45, 7) is 6.40. The quantitative estimate of drug-likeness (QED) is 0.749. The van der Waals surface area contributed by atoms with E-state index in [1.807, 2.05) is 0 Å². The minimum Gasteiger partial charge on any atom is -0.358 e. The molecule has 0 radical (unpaired) electrons. The highest BCUT2D eigenvalue weighted by atomic mass is 32.2. The number of hydrogen-bond acceptors (Lipinski definition) is 3. The second-order valence-corrected chi connectivity index (χ2v) is 8.36. The molecule has 0 saturated heterocycles. The minimum absolute atomic E-state index is 0.307. The number of hydrogen-bond donors (Lipinski definition) is 2. The smallest absolute Gasteiger partial charge is 0.247 e. The molecule has 3 heterocycles. The third-order valence-electron chi connectivity index (χ3n) is 4.75. The number of H-pyrrole nitrogens is 2. The minimum atomic E-state index is -3.55. The molecule has 1 aromatic carbocycles. The van der Waals surface area contributed by atoms with Gasteiger partial charge in [0.05, 0.1) is 11.4 Å². The Morgan fingerprint density at radius 1 is 1.21 bits per heavy atom. The second-order valence-electron chi connectivity index (χ2n) is 6.48. The molecule has 7 heteroatoms. The molecule has 2 N–H and O–H groups in total. The normalized spacial score (nSPS) is 15.8. The lowest BCUT2D eigenvalue weighted by Gasteiger charge is -2.26. The zero-order valence-corrected chi connectivity index (χ0v) is 14.8. The van der Waals surface area contributed by atoms with Gasteiger partial charge in [-0.2, -0.15) is 9.40 Å². The number of benzene rings is 1. The molecule has 0 bridgehead atoms. The SMILES string of the molecule is Cc1ccc2c3c([nH]c2c1)CCN(S(=O)(=O)c1c(C)n[nH]c1C)C3. The summed E-state index contributed by atoms with van der Waals surface area (Å²) in [5.41, 5.74) is 5.60. The van der Waals surface area contributed by atoms with E-state index in [0.717, 1.165) is 22.2 Å². The van der Waals surface area contributed by atoms with Gasteiger partial charge in [0.25, 0.3) is 0 Å². The van der Waals surface area contributed by atoms with E-state index in [9.17, 15) is 8.42 Å². The molecule has 0 atom stereocenters. The van der Waals surface area contributed by atoms with Crippen molar-refractivity contribution >= 4 is 20.9 Å². The number of sulfonamides is 1. The lowest BCUT2D eigenvalue weighted by Crippen LogP contribution is -2.36. The van der Waals surface area contributed by atoms with Crippen LogP contribution in [0.4, 0.5) is 0 Å². The van der Waals surface area contributed by atoms with Gasteiger partial charge in [-0.15, -0.1) is 0 Å². The van der Waals surface area contributed by atoms with Crippen molar-refractivity contribution in [1.29, 1.82) is 0 Å². The summed E-state index contributed by atoms with van der Waals surface area (Å²) >= 11 is 0. The van der Waals surface area contributed by atoms with Gasteiger partial charge in [-0.05, 0) is 38.0 Å². The summed E-state index contributed by atoms with van der Waals surface area (Å²) in [7, 11) is -3.55. The first kappa shape index (κ1) is 15.4. The molecule has 24 heavy (non-hydrogen) atoms. The van der Waals surface area contributed by atoms with Crippen molar-refractivity contribution in [3.63, 3.8) is 0 Å². The van der Waals surface area contributed by atoms with Crippen molar-refractivity contribution < 1.29 is 8.42 Å². The van der Waals surface area contributed by atoms with Gasteiger partial charge >= 0.3 is 0 Å². The fourth-order valence-electron chi connectivity index (χ4n) is 3.57. The Morgan fingerprint density at radius 2 is 2.00 bits per heavy atom. The largest absolute Gasteiger partial charge is 0.358 e. The van der Waals surface area contributed by atoms with Crippen LogP contribution in [0.5, 0.6) is 0 Å². The summed E-state index contributed by atoms with van der Waals surface area (Å²) in [5.74, 6) is 0. The van der Waals surface area contributed by atoms with Crippen LogP contribution in [-0.2, 0) is 23.0 Å². The van der Waals surface area contributed by atoms with Crippen molar-refractivity contribution in [1.82, 2.24) is 19.5 Å². The fraction of sp³-hybridized carbons (Fsp3) is 0.353. The maximum Gasteiger partial charge on any atom is 0.247 e. The highest BCUT2D eigenvalue weighted by Gasteiger charge is 2.33.